The molecule has 0 aromatic heterocycles. The highest BCUT2D eigenvalue weighted by Gasteiger charge is 2.23. The Labute approximate surface area is 204 Å². The molecule has 0 aliphatic carbocycles. The summed E-state index contributed by atoms with van der Waals surface area (Å²) in [5, 5.41) is 13.5. The molecule has 0 aliphatic rings. The number of amides is 2. The average molecular weight is 519 g/mol. The van der Waals surface area contributed by atoms with Gasteiger partial charge in [-0.2, -0.15) is 0 Å². The van der Waals surface area contributed by atoms with Crippen LogP contribution >= 0.6 is 23.2 Å². The Morgan fingerprint density at radius 1 is 0.882 bits per heavy atom. The molecule has 0 saturated heterocycles. The second kappa shape index (κ2) is 13.5. The minimum atomic E-state index is -1.26. The summed E-state index contributed by atoms with van der Waals surface area (Å²) < 4.78 is 30.5. The van der Waals surface area contributed by atoms with Crippen molar-refractivity contribution >= 4 is 58.3 Å². The van der Waals surface area contributed by atoms with E-state index in [9.17, 15) is 28.0 Å². The van der Waals surface area contributed by atoms with Gasteiger partial charge < -0.3 is 20.5 Å². The molecule has 2 atom stereocenters. The summed E-state index contributed by atoms with van der Waals surface area (Å²) in [6, 6.07) is 7.01. The Balaban J connectivity index is 0.000000342. The number of carboxylic acids is 1. The summed E-state index contributed by atoms with van der Waals surface area (Å²) in [5.41, 5.74) is 0.178. The highest BCUT2D eigenvalue weighted by atomic mass is 35.5. The van der Waals surface area contributed by atoms with Crippen molar-refractivity contribution in [2.45, 2.75) is 20.8 Å². The first-order chi connectivity index (χ1) is 15.9. The van der Waals surface area contributed by atoms with E-state index >= 15 is 0 Å². The van der Waals surface area contributed by atoms with Crippen LogP contribution in [0.2, 0.25) is 10.0 Å². The van der Waals surface area contributed by atoms with Gasteiger partial charge in [0.2, 0.25) is 11.8 Å². The maximum Gasteiger partial charge on any atom is 0.318 e. The van der Waals surface area contributed by atoms with Crippen LogP contribution in [0.15, 0.2) is 36.4 Å². The topological polar surface area (TPSA) is 122 Å². The van der Waals surface area contributed by atoms with E-state index in [1.54, 1.807) is 6.92 Å². The number of halogens is 4. The Morgan fingerprint density at radius 3 is 1.68 bits per heavy atom. The zero-order valence-corrected chi connectivity index (χ0v) is 19.8. The van der Waals surface area contributed by atoms with Crippen molar-refractivity contribution in [1.82, 2.24) is 0 Å². The van der Waals surface area contributed by atoms with Crippen molar-refractivity contribution in [1.29, 1.82) is 0 Å². The molecule has 0 aliphatic heterocycles. The van der Waals surface area contributed by atoms with Crippen LogP contribution in [-0.4, -0.2) is 35.5 Å². The molecule has 2 amide bonds. The van der Waals surface area contributed by atoms with Crippen LogP contribution in [0, 0.1) is 23.5 Å². The van der Waals surface area contributed by atoms with Gasteiger partial charge in [-0.3, -0.25) is 19.2 Å². The summed E-state index contributed by atoms with van der Waals surface area (Å²) in [4.78, 5) is 44.9. The van der Waals surface area contributed by atoms with Crippen LogP contribution < -0.4 is 10.6 Å². The fourth-order valence-corrected chi connectivity index (χ4v) is 2.48. The highest BCUT2D eigenvalue weighted by molar-refractivity contribution is 6.34. The number of benzene rings is 2. The maximum atomic E-state index is 13.0. The molecule has 12 heteroatoms. The quantitative estimate of drug-likeness (QED) is 0.359. The second-order valence-electron chi connectivity index (χ2n) is 6.76. The SMILES string of the molecule is CC(C(=O)O)C(=O)Nc1cc(F)ccc1Cl.CCOC(=O)C(C)C(=O)Nc1cc(F)ccc1Cl. The highest BCUT2D eigenvalue weighted by Crippen LogP contribution is 2.24. The van der Waals surface area contributed by atoms with Gasteiger partial charge >= 0.3 is 11.9 Å². The molecule has 0 radical (unpaired) electrons. The number of hydrogen-bond donors (Lipinski definition) is 3. The van der Waals surface area contributed by atoms with Gasteiger partial charge in [0, 0.05) is 0 Å². The third kappa shape index (κ3) is 8.95. The lowest BCUT2D eigenvalue weighted by Crippen LogP contribution is -2.28. The summed E-state index contributed by atoms with van der Waals surface area (Å²) in [6.45, 7) is 4.47. The normalized spacial score (nSPS) is 11.9. The number of rotatable bonds is 7. The van der Waals surface area contributed by atoms with Crippen LogP contribution in [0.4, 0.5) is 20.2 Å². The third-order valence-electron chi connectivity index (χ3n) is 4.17. The summed E-state index contributed by atoms with van der Waals surface area (Å²) in [5.74, 6) is -6.54. The Morgan fingerprint density at radius 2 is 1.29 bits per heavy atom. The van der Waals surface area contributed by atoms with Crippen molar-refractivity contribution in [3.8, 4) is 0 Å². The maximum absolute atomic E-state index is 13.0. The van der Waals surface area contributed by atoms with Crippen LogP contribution in [0.3, 0.4) is 0 Å². The summed E-state index contributed by atoms with van der Waals surface area (Å²) in [7, 11) is 0. The average Bonchev–Trinajstić information content (AvgIpc) is 2.78. The van der Waals surface area contributed by atoms with Gasteiger partial charge in [-0.25, -0.2) is 8.78 Å². The van der Waals surface area contributed by atoms with E-state index in [-0.39, 0.29) is 28.0 Å². The Kier molecular flexibility index (Phi) is 11.4. The number of anilines is 2. The van der Waals surface area contributed by atoms with Crippen LogP contribution in [-0.2, 0) is 23.9 Å². The molecule has 0 fully saturated rings. The molecule has 0 spiro atoms. The van der Waals surface area contributed by atoms with Crippen molar-refractivity contribution in [3.63, 3.8) is 0 Å². The smallest absolute Gasteiger partial charge is 0.318 e. The Hall–Kier alpha value is -3.24. The van der Waals surface area contributed by atoms with E-state index in [2.05, 4.69) is 10.6 Å². The predicted octanol–water partition coefficient (Wildman–Crippen LogP) is 4.76. The monoisotopic (exact) mass is 518 g/mol. The molecular weight excluding hydrogens is 497 g/mol. The number of esters is 1. The lowest BCUT2D eigenvalue weighted by atomic mass is 10.1. The van der Waals surface area contributed by atoms with Crippen molar-refractivity contribution < 1.29 is 37.8 Å². The number of carbonyl (C=O) groups excluding carboxylic acids is 3. The molecule has 34 heavy (non-hydrogen) atoms. The van der Waals surface area contributed by atoms with Crippen LogP contribution in [0.5, 0.6) is 0 Å². The number of carboxylic acid groups (broad SMARTS) is 1. The zero-order valence-electron chi connectivity index (χ0n) is 18.3. The van der Waals surface area contributed by atoms with Gasteiger partial charge in [0.15, 0.2) is 0 Å². The summed E-state index contributed by atoms with van der Waals surface area (Å²) in [6.07, 6.45) is 0. The van der Waals surface area contributed by atoms with E-state index in [4.69, 9.17) is 33.0 Å². The van der Waals surface area contributed by atoms with E-state index in [1.165, 1.54) is 32.0 Å². The zero-order chi connectivity index (χ0) is 26.0. The molecule has 0 heterocycles. The fraction of sp³-hybridized carbons (Fsp3) is 0.273. The lowest BCUT2D eigenvalue weighted by molar-refractivity contribution is -0.150. The molecule has 2 aromatic rings. The van der Waals surface area contributed by atoms with Gasteiger partial charge in [0.05, 0.1) is 28.0 Å². The number of hydrogen-bond acceptors (Lipinski definition) is 5. The van der Waals surface area contributed by atoms with Crippen molar-refractivity contribution in [3.05, 3.63) is 58.1 Å². The van der Waals surface area contributed by atoms with E-state index in [0.29, 0.717) is 0 Å². The molecule has 2 aromatic carbocycles. The van der Waals surface area contributed by atoms with Gasteiger partial charge in [-0.05, 0) is 57.2 Å². The summed E-state index contributed by atoms with van der Waals surface area (Å²) >= 11 is 11.5. The fourth-order valence-electron chi connectivity index (χ4n) is 2.15. The molecule has 2 rings (SSSR count). The van der Waals surface area contributed by atoms with E-state index in [1.807, 2.05) is 0 Å². The molecule has 3 N–H and O–H groups in total. The van der Waals surface area contributed by atoms with Crippen molar-refractivity contribution in [2.24, 2.45) is 11.8 Å². The predicted molar refractivity (Wildman–Crippen MR) is 123 cm³/mol. The van der Waals surface area contributed by atoms with Crippen molar-refractivity contribution in [2.75, 3.05) is 17.2 Å². The number of ether oxygens (including phenoxy) is 1. The first kappa shape index (κ1) is 28.8. The first-order valence-corrected chi connectivity index (χ1v) is 10.5. The minimum Gasteiger partial charge on any atom is -0.481 e. The van der Waals surface area contributed by atoms with Gasteiger partial charge in [0.1, 0.15) is 23.5 Å². The van der Waals surface area contributed by atoms with Gasteiger partial charge in [-0.1, -0.05) is 23.2 Å². The van der Waals surface area contributed by atoms with E-state index in [0.717, 1.165) is 18.2 Å². The second-order valence-corrected chi connectivity index (χ2v) is 7.57. The lowest BCUT2D eigenvalue weighted by Gasteiger charge is -2.12. The third-order valence-corrected chi connectivity index (χ3v) is 4.83. The molecular formula is C22H22Cl2F2N2O6. The van der Waals surface area contributed by atoms with Gasteiger partial charge in [-0.15, -0.1) is 0 Å². The molecule has 0 bridgehead atoms. The van der Waals surface area contributed by atoms with E-state index < -0.39 is 47.2 Å². The molecule has 2 unspecified atom stereocenters. The number of aliphatic carboxylic acids is 1. The van der Waals surface area contributed by atoms with Crippen LogP contribution in [0.1, 0.15) is 20.8 Å². The number of nitrogens with one attached hydrogen (secondary N) is 2. The minimum absolute atomic E-state index is 0.0553. The molecule has 184 valence electrons. The Bertz CT molecular complexity index is 1070. The first-order valence-electron chi connectivity index (χ1n) is 9.78. The van der Waals surface area contributed by atoms with Gasteiger partial charge in [0.25, 0.3) is 0 Å². The standard InChI is InChI=1S/C12H13ClFNO3.C10H9ClFNO3/c1-3-18-12(17)7(2)11(16)15-10-6-8(14)4-5-9(10)13;1-5(10(15)16)9(14)13-8-4-6(12)2-3-7(8)11/h4-7H,3H2,1-2H3,(H,15,16);2-5H,1H3,(H,13,14)(H,15,16). The molecule has 0 saturated carbocycles. The molecule has 8 nitrogen and oxygen atoms in total. The number of carbonyl (C=O) groups is 4. The largest absolute Gasteiger partial charge is 0.481 e. The van der Waals surface area contributed by atoms with Crippen LogP contribution in [0.25, 0.3) is 0 Å².